The van der Waals surface area contributed by atoms with Gasteiger partial charge in [-0.15, -0.1) is 0 Å². The third-order valence-electron chi connectivity index (χ3n) is 3.36. The summed E-state index contributed by atoms with van der Waals surface area (Å²) in [6.07, 6.45) is 6.07. The maximum Gasteiger partial charge on any atom is 0.256 e. The van der Waals surface area contributed by atoms with Crippen molar-refractivity contribution in [3.8, 4) is 11.3 Å². The van der Waals surface area contributed by atoms with E-state index in [2.05, 4.69) is 15.5 Å². The van der Waals surface area contributed by atoms with Crippen molar-refractivity contribution in [3.05, 3.63) is 72.1 Å². The van der Waals surface area contributed by atoms with Crippen LogP contribution < -0.4 is 11.1 Å². The van der Waals surface area contributed by atoms with Gasteiger partial charge in [-0.3, -0.25) is 19.9 Å². The van der Waals surface area contributed by atoms with E-state index >= 15 is 0 Å². The number of primary amides is 1. The number of nitrogens with two attached hydrogens (primary N) is 1. The number of carbonyl (C=O) groups is 2. The van der Waals surface area contributed by atoms with Crippen LogP contribution in [0.25, 0.3) is 17.3 Å². The number of benzene rings is 1. The first-order valence-electron chi connectivity index (χ1n) is 7.39. The summed E-state index contributed by atoms with van der Waals surface area (Å²) in [5.74, 6) is -1.32. The summed E-state index contributed by atoms with van der Waals surface area (Å²) in [5, 5.41) is 6.32. The van der Waals surface area contributed by atoms with Gasteiger partial charge in [0.25, 0.3) is 11.8 Å². The van der Waals surface area contributed by atoms with E-state index in [4.69, 9.17) is 10.3 Å². The number of hydrogen-bond donors (Lipinski definition) is 2. The van der Waals surface area contributed by atoms with Gasteiger partial charge in [0, 0.05) is 24.0 Å². The van der Waals surface area contributed by atoms with Crippen molar-refractivity contribution in [1.82, 2.24) is 10.1 Å². The Morgan fingerprint density at radius 2 is 1.80 bits per heavy atom. The zero-order valence-corrected chi connectivity index (χ0v) is 13.0. The Hall–Kier alpha value is -3.74. The molecule has 3 aromatic rings. The average molecular weight is 334 g/mol. The number of amides is 2. The Morgan fingerprint density at radius 1 is 1.08 bits per heavy atom. The number of anilines is 1. The molecule has 0 atom stereocenters. The van der Waals surface area contributed by atoms with Crippen LogP contribution in [0, 0.1) is 0 Å². The fraction of sp³-hybridized carbons (Fsp3) is 0. The summed E-state index contributed by atoms with van der Waals surface area (Å²) >= 11 is 0. The highest BCUT2D eigenvalue weighted by atomic mass is 16.5. The van der Waals surface area contributed by atoms with Crippen LogP contribution in [-0.2, 0) is 4.79 Å². The highest BCUT2D eigenvalue weighted by molar-refractivity contribution is 6.08. The molecule has 2 aromatic heterocycles. The summed E-state index contributed by atoms with van der Waals surface area (Å²) in [7, 11) is 0. The molecule has 0 bridgehead atoms. The van der Waals surface area contributed by atoms with E-state index in [0.717, 1.165) is 5.56 Å². The predicted octanol–water partition coefficient (Wildman–Crippen LogP) is 2.49. The van der Waals surface area contributed by atoms with Crippen molar-refractivity contribution in [2.45, 2.75) is 0 Å². The summed E-state index contributed by atoms with van der Waals surface area (Å²) in [5.41, 5.74) is 7.14. The quantitative estimate of drug-likeness (QED) is 0.696. The minimum Gasteiger partial charge on any atom is -0.365 e. The second kappa shape index (κ2) is 7.22. The lowest BCUT2D eigenvalue weighted by Gasteiger charge is -2.00. The van der Waals surface area contributed by atoms with Gasteiger partial charge in [-0.2, -0.15) is 0 Å². The van der Waals surface area contributed by atoms with Gasteiger partial charge in [0.05, 0.1) is 0 Å². The summed E-state index contributed by atoms with van der Waals surface area (Å²) in [6.45, 7) is 0. The van der Waals surface area contributed by atoms with E-state index in [1.807, 2.05) is 30.3 Å². The molecule has 7 heteroatoms. The van der Waals surface area contributed by atoms with Gasteiger partial charge in [-0.05, 0) is 23.8 Å². The van der Waals surface area contributed by atoms with Gasteiger partial charge >= 0.3 is 0 Å². The highest BCUT2D eigenvalue weighted by Gasteiger charge is 2.23. The third kappa shape index (κ3) is 3.78. The van der Waals surface area contributed by atoms with Crippen LogP contribution in [-0.4, -0.2) is 22.0 Å². The number of pyridine rings is 1. The van der Waals surface area contributed by atoms with Gasteiger partial charge in [0.1, 0.15) is 11.3 Å². The number of rotatable bonds is 5. The molecule has 2 amide bonds. The van der Waals surface area contributed by atoms with Crippen molar-refractivity contribution in [3.63, 3.8) is 0 Å². The summed E-state index contributed by atoms with van der Waals surface area (Å²) in [6, 6.07) is 12.6. The number of nitrogens with one attached hydrogen (secondary N) is 1. The third-order valence-corrected chi connectivity index (χ3v) is 3.36. The SMILES string of the molecule is NC(=O)c1c(-c2ccncc2)noc1NC(=O)/C=C/c1ccccc1. The minimum absolute atomic E-state index is 0.00709. The fourth-order valence-corrected chi connectivity index (χ4v) is 2.20. The van der Waals surface area contributed by atoms with E-state index in [-0.39, 0.29) is 17.1 Å². The number of hydrogen-bond acceptors (Lipinski definition) is 5. The van der Waals surface area contributed by atoms with Gasteiger partial charge in [-0.25, -0.2) is 0 Å². The normalized spacial score (nSPS) is 10.7. The van der Waals surface area contributed by atoms with Crippen molar-refractivity contribution in [1.29, 1.82) is 0 Å². The molecular weight excluding hydrogens is 320 g/mol. The summed E-state index contributed by atoms with van der Waals surface area (Å²) in [4.78, 5) is 27.7. The van der Waals surface area contributed by atoms with Gasteiger partial charge < -0.3 is 10.3 Å². The number of carbonyl (C=O) groups excluding carboxylic acids is 2. The average Bonchev–Trinajstić information content (AvgIpc) is 3.05. The first kappa shape index (κ1) is 16.1. The van der Waals surface area contributed by atoms with Crippen molar-refractivity contribution in [2.75, 3.05) is 5.32 Å². The molecule has 0 spiro atoms. The maximum atomic E-state index is 12.1. The molecule has 0 aliphatic carbocycles. The molecule has 2 heterocycles. The van der Waals surface area contributed by atoms with Crippen LogP contribution in [0.5, 0.6) is 0 Å². The Labute approximate surface area is 143 Å². The zero-order valence-electron chi connectivity index (χ0n) is 13.0. The largest absolute Gasteiger partial charge is 0.365 e. The van der Waals surface area contributed by atoms with E-state index in [1.54, 1.807) is 30.6 Å². The van der Waals surface area contributed by atoms with E-state index < -0.39 is 11.8 Å². The maximum absolute atomic E-state index is 12.1. The topological polar surface area (TPSA) is 111 Å². The van der Waals surface area contributed by atoms with E-state index in [1.165, 1.54) is 6.08 Å². The molecule has 0 unspecified atom stereocenters. The molecule has 0 saturated heterocycles. The molecule has 124 valence electrons. The molecule has 7 nitrogen and oxygen atoms in total. The van der Waals surface area contributed by atoms with Crippen LogP contribution in [0.2, 0.25) is 0 Å². The van der Waals surface area contributed by atoms with Crippen LogP contribution >= 0.6 is 0 Å². The first-order chi connectivity index (χ1) is 12.1. The molecule has 0 saturated carbocycles. The Morgan fingerprint density at radius 3 is 2.48 bits per heavy atom. The molecule has 3 N–H and O–H groups in total. The zero-order chi connectivity index (χ0) is 17.6. The fourth-order valence-electron chi connectivity index (χ4n) is 2.20. The number of aromatic nitrogens is 2. The van der Waals surface area contributed by atoms with Gasteiger partial charge in [0.2, 0.25) is 5.88 Å². The van der Waals surface area contributed by atoms with Crippen LogP contribution in [0.15, 0.2) is 65.5 Å². The molecule has 0 fully saturated rings. The lowest BCUT2D eigenvalue weighted by atomic mass is 10.1. The molecule has 3 rings (SSSR count). The van der Waals surface area contributed by atoms with Crippen LogP contribution in [0.1, 0.15) is 15.9 Å². The predicted molar refractivity (Wildman–Crippen MR) is 92.4 cm³/mol. The molecule has 25 heavy (non-hydrogen) atoms. The molecule has 1 aromatic carbocycles. The van der Waals surface area contributed by atoms with Crippen LogP contribution in [0.4, 0.5) is 5.88 Å². The van der Waals surface area contributed by atoms with Crippen molar-refractivity contribution in [2.24, 2.45) is 5.73 Å². The Balaban J connectivity index is 1.83. The molecule has 0 radical (unpaired) electrons. The van der Waals surface area contributed by atoms with Crippen molar-refractivity contribution >= 4 is 23.8 Å². The Kier molecular flexibility index (Phi) is 4.66. The van der Waals surface area contributed by atoms with Crippen molar-refractivity contribution < 1.29 is 14.1 Å². The van der Waals surface area contributed by atoms with E-state index in [0.29, 0.717) is 5.56 Å². The van der Waals surface area contributed by atoms with Gasteiger partial charge in [-0.1, -0.05) is 35.5 Å². The molecular formula is C18H14N4O3. The molecule has 0 aliphatic heterocycles. The van der Waals surface area contributed by atoms with E-state index in [9.17, 15) is 9.59 Å². The standard InChI is InChI=1S/C18H14N4O3/c19-17(24)15-16(13-8-10-20-11-9-13)22-25-18(15)21-14(23)7-6-12-4-2-1-3-5-12/h1-11H,(H2,19,24)(H,21,23)/b7-6+. The smallest absolute Gasteiger partial charge is 0.256 e. The monoisotopic (exact) mass is 334 g/mol. The van der Waals surface area contributed by atoms with Crippen LogP contribution in [0.3, 0.4) is 0 Å². The first-order valence-corrected chi connectivity index (χ1v) is 7.39. The summed E-state index contributed by atoms with van der Waals surface area (Å²) < 4.78 is 5.10. The van der Waals surface area contributed by atoms with Gasteiger partial charge in [0.15, 0.2) is 0 Å². The number of nitrogens with zero attached hydrogens (tertiary/aromatic N) is 2. The lowest BCUT2D eigenvalue weighted by Crippen LogP contribution is -2.16. The minimum atomic E-state index is -0.754. The second-order valence-corrected chi connectivity index (χ2v) is 5.07. The second-order valence-electron chi connectivity index (χ2n) is 5.07. The lowest BCUT2D eigenvalue weighted by molar-refractivity contribution is -0.112. The molecule has 0 aliphatic rings. The Bertz CT molecular complexity index is 918. The highest BCUT2D eigenvalue weighted by Crippen LogP contribution is 2.28.